The van der Waals surface area contributed by atoms with E-state index in [2.05, 4.69) is 198 Å². The summed E-state index contributed by atoms with van der Waals surface area (Å²) in [5.74, 6) is 0. The predicted octanol–water partition coefficient (Wildman–Crippen LogP) is 12.1. The number of nitrogens with zero attached hydrogens (tertiary/aromatic N) is 2. The summed E-state index contributed by atoms with van der Waals surface area (Å²) in [7, 11) is 0. The summed E-state index contributed by atoms with van der Waals surface area (Å²) in [6.45, 7) is 0. The van der Waals surface area contributed by atoms with Crippen LogP contribution in [0.25, 0.3) is 50.8 Å². The third-order valence-corrected chi connectivity index (χ3v) is 8.58. The van der Waals surface area contributed by atoms with E-state index in [1.165, 1.54) is 38.5 Å². The SMILES string of the molecule is C(=C\c1ccc(N(c2ccc(-c3ccccc3)cc2)c2ccc3c(c2)c2ccccc2n3-c2ccccc2)cc1)/c1ccccc1. The normalized spacial score (nSPS) is 11.4. The number of anilines is 3. The van der Waals surface area contributed by atoms with Gasteiger partial charge in [-0.05, 0) is 82.9 Å². The fourth-order valence-corrected chi connectivity index (χ4v) is 6.33. The summed E-state index contributed by atoms with van der Waals surface area (Å²) in [6.07, 6.45) is 4.33. The number of para-hydroxylation sites is 2. The Balaban J connectivity index is 1.25. The van der Waals surface area contributed by atoms with Crippen molar-refractivity contribution in [1.29, 1.82) is 0 Å². The highest BCUT2D eigenvalue weighted by atomic mass is 15.1. The first-order valence-electron chi connectivity index (χ1n) is 15.7. The van der Waals surface area contributed by atoms with Gasteiger partial charge in [-0.15, -0.1) is 0 Å². The first kappa shape index (κ1) is 27.4. The molecule has 0 aliphatic rings. The van der Waals surface area contributed by atoms with Crippen LogP contribution in [0, 0.1) is 0 Å². The summed E-state index contributed by atoms with van der Waals surface area (Å²) in [4.78, 5) is 2.35. The van der Waals surface area contributed by atoms with Crippen LogP contribution in [-0.4, -0.2) is 4.57 Å². The summed E-state index contributed by atoms with van der Waals surface area (Å²) >= 11 is 0. The number of hydrogen-bond donors (Lipinski definition) is 0. The Labute approximate surface area is 269 Å². The van der Waals surface area contributed by atoms with Crippen molar-refractivity contribution in [1.82, 2.24) is 4.57 Å². The third kappa shape index (κ3) is 5.27. The number of hydrogen-bond acceptors (Lipinski definition) is 1. The number of rotatable bonds is 7. The fourth-order valence-electron chi connectivity index (χ4n) is 6.33. The van der Waals surface area contributed by atoms with Crippen molar-refractivity contribution in [3.8, 4) is 16.8 Å². The van der Waals surface area contributed by atoms with Gasteiger partial charge >= 0.3 is 0 Å². The predicted molar refractivity (Wildman–Crippen MR) is 196 cm³/mol. The molecule has 0 saturated carbocycles. The van der Waals surface area contributed by atoms with Gasteiger partial charge in [-0.1, -0.05) is 133 Å². The van der Waals surface area contributed by atoms with Gasteiger partial charge in [0.05, 0.1) is 11.0 Å². The molecule has 0 radical (unpaired) electrons. The highest BCUT2D eigenvalue weighted by Gasteiger charge is 2.17. The van der Waals surface area contributed by atoms with E-state index in [4.69, 9.17) is 0 Å². The van der Waals surface area contributed by atoms with Crippen LogP contribution in [0.5, 0.6) is 0 Å². The van der Waals surface area contributed by atoms with E-state index < -0.39 is 0 Å². The molecule has 1 aromatic heterocycles. The largest absolute Gasteiger partial charge is 0.310 e. The van der Waals surface area contributed by atoms with Gasteiger partial charge in [0.25, 0.3) is 0 Å². The van der Waals surface area contributed by atoms with Crippen molar-refractivity contribution in [3.05, 3.63) is 193 Å². The maximum atomic E-state index is 2.36. The zero-order valence-corrected chi connectivity index (χ0v) is 25.4. The Kier molecular flexibility index (Phi) is 7.22. The van der Waals surface area contributed by atoms with Gasteiger partial charge in [0.15, 0.2) is 0 Å². The molecule has 0 fully saturated rings. The fraction of sp³-hybridized carbons (Fsp3) is 0. The van der Waals surface area contributed by atoms with Crippen molar-refractivity contribution in [2.24, 2.45) is 0 Å². The van der Waals surface area contributed by atoms with Gasteiger partial charge in [0.2, 0.25) is 0 Å². The summed E-state index contributed by atoms with van der Waals surface area (Å²) in [5.41, 5.74) is 11.7. The molecule has 46 heavy (non-hydrogen) atoms. The lowest BCUT2D eigenvalue weighted by Gasteiger charge is -2.26. The summed E-state index contributed by atoms with van der Waals surface area (Å²) < 4.78 is 2.36. The molecule has 8 aromatic rings. The Morgan fingerprint density at radius 2 is 0.870 bits per heavy atom. The van der Waals surface area contributed by atoms with E-state index >= 15 is 0 Å². The van der Waals surface area contributed by atoms with Crippen LogP contribution >= 0.6 is 0 Å². The Morgan fingerprint density at radius 3 is 1.57 bits per heavy atom. The quantitative estimate of drug-likeness (QED) is 0.168. The van der Waals surface area contributed by atoms with Crippen LogP contribution in [0.2, 0.25) is 0 Å². The summed E-state index contributed by atoms with van der Waals surface area (Å²) in [5, 5.41) is 2.47. The number of fused-ring (bicyclic) bond motifs is 3. The van der Waals surface area contributed by atoms with Gasteiger partial charge in [-0.3, -0.25) is 0 Å². The van der Waals surface area contributed by atoms with Gasteiger partial charge in [0, 0.05) is 33.5 Å². The van der Waals surface area contributed by atoms with Crippen molar-refractivity contribution in [2.75, 3.05) is 4.90 Å². The molecular weight excluding hydrogens is 556 g/mol. The van der Waals surface area contributed by atoms with E-state index in [0.29, 0.717) is 0 Å². The van der Waals surface area contributed by atoms with Crippen LogP contribution in [-0.2, 0) is 0 Å². The lowest BCUT2D eigenvalue weighted by molar-refractivity contribution is 1.18. The topological polar surface area (TPSA) is 8.17 Å². The third-order valence-electron chi connectivity index (χ3n) is 8.58. The van der Waals surface area contributed by atoms with Crippen molar-refractivity contribution >= 4 is 51.0 Å². The second kappa shape index (κ2) is 12.1. The average molecular weight is 589 g/mol. The summed E-state index contributed by atoms with van der Waals surface area (Å²) in [6, 6.07) is 64.8. The Morgan fingerprint density at radius 1 is 0.370 bits per heavy atom. The second-order valence-electron chi connectivity index (χ2n) is 11.5. The second-order valence-corrected chi connectivity index (χ2v) is 11.5. The van der Waals surface area contributed by atoms with Gasteiger partial charge in [0.1, 0.15) is 0 Å². The highest BCUT2D eigenvalue weighted by molar-refractivity contribution is 6.10. The van der Waals surface area contributed by atoms with E-state index in [0.717, 1.165) is 28.3 Å². The Bertz CT molecular complexity index is 2260. The van der Waals surface area contributed by atoms with Crippen LogP contribution in [0.15, 0.2) is 182 Å². The minimum absolute atomic E-state index is 1.11. The molecule has 0 aliphatic carbocycles. The zero-order chi connectivity index (χ0) is 30.7. The molecule has 2 heteroatoms. The maximum Gasteiger partial charge on any atom is 0.0542 e. The van der Waals surface area contributed by atoms with Crippen LogP contribution in [0.3, 0.4) is 0 Å². The van der Waals surface area contributed by atoms with Gasteiger partial charge in [-0.2, -0.15) is 0 Å². The molecule has 1 heterocycles. The number of benzene rings is 7. The molecule has 0 spiro atoms. The molecule has 0 aliphatic heterocycles. The molecule has 8 rings (SSSR count). The van der Waals surface area contributed by atoms with Crippen molar-refractivity contribution in [3.63, 3.8) is 0 Å². The average Bonchev–Trinajstić information content (AvgIpc) is 3.47. The molecule has 0 bridgehead atoms. The smallest absolute Gasteiger partial charge is 0.0542 e. The van der Waals surface area contributed by atoms with E-state index in [9.17, 15) is 0 Å². The minimum Gasteiger partial charge on any atom is -0.310 e. The minimum atomic E-state index is 1.11. The lowest BCUT2D eigenvalue weighted by Crippen LogP contribution is -2.10. The first-order chi connectivity index (χ1) is 22.8. The molecule has 2 nitrogen and oxygen atoms in total. The van der Waals surface area contributed by atoms with Crippen LogP contribution < -0.4 is 4.90 Å². The molecule has 0 unspecified atom stereocenters. The van der Waals surface area contributed by atoms with Crippen molar-refractivity contribution < 1.29 is 0 Å². The van der Waals surface area contributed by atoms with E-state index in [1.54, 1.807) is 0 Å². The monoisotopic (exact) mass is 588 g/mol. The van der Waals surface area contributed by atoms with Crippen LogP contribution in [0.4, 0.5) is 17.1 Å². The van der Waals surface area contributed by atoms with Crippen LogP contribution in [0.1, 0.15) is 11.1 Å². The first-order valence-corrected chi connectivity index (χ1v) is 15.7. The molecular formula is C44H32N2. The highest BCUT2D eigenvalue weighted by Crippen LogP contribution is 2.40. The molecule has 0 N–H and O–H groups in total. The maximum absolute atomic E-state index is 2.36. The zero-order valence-electron chi connectivity index (χ0n) is 25.4. The Hall–Kier alpha value is -6.12. The molecule has 0 amide bonds. The van der Waals surface area contributed by atoms with Gasteiger partial charge in [-0.25, -0.2) is 0 Å². The standard InChI is InChI=1S/C44H32N2/c1-4-12-33(13-5-1)20-21-34-22-26-38(27-23-34)45(39-28-24-36(25-29-39)35-14-6-2-7-15-35)40-30-31-44-42(32-40)41-18-10-11-19-43(41)46(44)37-16-8-3-9-17-37/h1-32H/b21-20+. The molecule has 7 aromatic carbocycles. The van der Waals surface area contributed by atoms with Crippen molar-refractivity contribution in [2.45, 2.75) is 0 Å². The van der Waals surface area contributed by atoms with Gasteiger partial charge < -0.3 is 9.47 Å². The molecule has 218 valence electrons. The van der Waals surface area contributed by atoms with E-state index in [-0.39, 0.29) is 0 Å². The molecule has 0 atom stereocenters. The molecule has 0 saturated heterocycles. The lowest BCUT2D eigenvalue weighted by atomic mass is 10.0. The number of aromatic nitrogens is 1. The van der Waals surface area contributed by atoms with E-state index in [1.807, 2.05) is 6.07 Å².